The third-order valence-electron chi connectivity index (χ3n) is 2.05. The van der Waals surface area contributed by atoms with Crippen LogP contribution in [0.3, 0.4) is 0 Å². The molecule has 0 fully saturated rings. The summed E-state index contributed by atoms with van der Waals surface area (Å²) in [5.41, 5.74) is 8.51. The Hall–Kier alpha value is -1.68. The summed E-state index contributed by atoms with van der Waals surface area (Å²) >= 11 is 1.65. The zero-order valence-electron chi connectivity index (χ0n) is 9.07. The summed E-state index contributed by atoms with van der Waals surface area (Å²) in [4.78, 5) is 0. The zero-order chi connectivity index (χ0) is 11.4. The first-order valence-electron chi connectivity index (χ1n) is 5.10. The molecule has 1 aromatic heterocycles. The number of ether oxygens (including phenoxy) is 1. The van der Waals surface area contributed by atoms with Crippen LogP contribution >= 0.6 is 11.3 Å². The number of anilines is 3. The van der Waals surface area contributed by atoms with E-state index in [0.29, 0.717) is 12.3 Å². The second kappa shape index (κ2) is 4.90. The molecule has 3 N–H and O–H groups in total. The van der Waals surface area contributed by atoms with E-state index < -0.39 is 0 Å². The maximum atomic E-state index is 5.80. The van der Waals surface area contributed by atoms with Gasteiger partial charge in [0.15, 0.2) is 0 Å². The quantitative estimate of drug-likeness (QED) is 0.796. The molecule has 16 heavy (non-hydrogen) atoms. The van der Waals surface area contributed by atoms with Gasteiger partial charge in [0.25, 0.3) is 0 Å². The molecule has 0 spiro atoms. The lowest BCUT2D eigenvalue weighted by atomic mass is 10.2. The van der Waals surface area contributed by atoms with Crippen molar-refractivity contribution >= 4 is 28.4 Å². The first kappa shape index (κ1) is 10.8. The summed E-state index contributed by atoms with van der Waals surface area (Å²) in [5.74, 6) is 0.792. The van der Waals surface area contributed by atoms with Crippen molar-refractivity contribution in [1.82, 2.24) is 0 Å². The van der Waals surface area contributed by atoms with Gasteiger partial charge >= 0.3 is 0 Å². The molecule has 2 rings (SSSR count). The summed E-state index contributed by atoms with van der Waals surface area (Å²) in [7, 11) is 0. The smallest absolute Gasteiger partial charge is 0.123 e. The summed E-state index contributed by atoms with van der Waals surface area (Å²) < 4.78 is 5.43. The van der Waals surface area contributed by atoms with E-state index in [9.17, 15) is 0 Å². The van der Waals surface area contributed by atoms with Crippen LogP contribution in [0.2, 0.25) is 0 Å². The minimum absolute atomic E-state index is 0.640. The minimum Gasteiger partial charge on any atom is -0.494 e. The van der Waals surface area contributed by atoms with E-state index in [0.717, 1.165) is 17.1 Å². The van der Waals surface area contributed by atoms with Crippen LogP contribution in [0, 0.1) is 0 Å². The van der Waals surface area contributed by atoms with E-state index in [2.05, 4.69) is 5.32 Å². The highest BCUT2D eigenvalue weighted by atomic mass is 32.1. The van der Waals surface area contributed by atoms with Gasteiger partial charge in [-0.2, -0.15) is 11.3 Å². The van der Waals surface area contributed by atoms with Crippen LogP contribution in [-0.2, 0) is 0 Å². The van der Waals surface area contributed by atoms with Crippen LogP contribution in [0.5, 0.6) is 5.75 Å². The topological polar surface area (TPSA) is 47.3 Å². The Bertz CT molecular complexity index is 454. The largest absolute Gasteiger partial charge is 0.494 e. The van der Waals surface area contributed by atoms with Gasteiger partial charge in [0.1, 0.15) is 5.75 Å². The summed E-state index contributed by atoms with van der Waals surface area (Å²) in [6, 6.07) is 7.67. The summed E-state index contributed by atoms with van der Waals surface area (Å²) in [6.45, 7) is 2.59. The van der Waals surface area contributed by atoms with Crippen molar-refractivity contribution in [2.45, 2.75) is 6.92 Å². The predicted molar refractivity (Wildman–Crippen MR) is 69.6 cm³/mol. The first-order valence-corrected chi connectivity index (χ1v) is 6.05. The molecule has 0 radical (unpaired) electrons. The van der Waals surface area contributed by atoms with E-state index in [4.69, 9.17) is 10.5 Å². The molecule has 4 heteroatoms. The fraction of sp³-hybridized carbons (Fsp3) is 0.167. The van der Waals surface area contributed by atoms with Crippen LogP contribution in [-0.4, -0.2) is 6.61 Å². The van der Waals surface area contributed by atoms with E-state index in [1.807, 2.05) is 41.9 Å². The Labute approximate surface area is 98.9 Å². The van der Waals surface area contributed by atoms with Crippen molar-refractivity contribution < 1.29 is 4.74 Å². The molecule has 0 aliphatic heterocycles. The molecule has 0 saturated heterocycles. The van der Waals surface area contributed by atoms with Crippen LogP contribution in [0.1, 0.15) is 6.92 Å². The maximum absolute atomic E-state index is 5.80. The van der Waals surface area contributed by atoms with Crippen LogP contribution in [0.15, 0.2) is 35.0 Å². The van der Waals surface area contributed by atoms with Crippen LogP contribution in [0.25, 0.3) is 0 Å². The standard InChI is InChI=1S/C12H14N2OS/c1-2-15-12-6-9(13)5-11(7-12)14-10-3-4-16-8-10/h3-8,14H,2,13H2,1H3. The molecular weight excluding hydrogens is 220 g/mol. The minimum atomic E-state index is 0.640. The molecule has 0 aliphatic rings. The van der Waals surface area contributed by atoms with Gasteiger partial charge in [-0.1, -0.05) is 0 Å². The van der Waals surface area contributed by atoms with E-state index >= 15 is 0 Å². The molecule has 1 aromatic carbocycles. The number of hydrogen-bond donors (Lipinski definition) is 2. The van der Waals surface area contributed by atoms with Gasteiger partial charge in [0, 0.05) is 34.6 Å². The first-order chi connectivity index (χ1) is 7.78. The number of nitrogens with one attached hydrogen (secondary N) is 1. The van der Waals surface area contributed by atoms with E-state index in [1.165, 1.54) is 0 Å². The lowest BCUT2D eigenvalue weighted by Crippen LogP contribution is -1.96. The van der Waals surface area contributed by atoms with Gasteiger partial charge in [-0.15, -0.1) is 0 Å². The lowest BCUT2D eigenvalue weighted by Gasteiger charge is -2.09. The molecule has 0 amide bonds. The van der Waals surface area contributed by atoms with Gasteiger partial charge in [-0.25, -0.2) is 0 Å². The second-order valence-corrected chi connectivity index (χ2v) is 4.14. The second-order valence-electron chi connectivity index (χ2n) is 3.36. The fourth-order valence-corrected chi connectivity index (χ4v) is 2.03. The van der Waals surface area contributed by atoms with Gasteiger partial charge in [-0.3, -0.25) is 0 Å². The third kappa shape index (κ3) is 2.67. The number of thiophene rings is 1. The van der Waals surface area contributed by atoms with E-state index in [-0.39, 0.29) is 0 Å². The highest BCUT2D eigenvalue weighted by Crippen LogP contribution is 2.26. The van der Waals surface area contributed by atoms with Crippen molar-refractivity contribution in [2.75, 3.05) is 17.7 Å². The molecule has 0 aliphatic carbocycles. The van der Waals surface area contributed by atoms with Crippen LogP contribution < -0.4 is 15.8 Å². The van der Waals surface area contributed by atoms with Crippen molar-refractivity contribution in [3.05, 3.63) is 35.0 Å². The molecule has 2 aromatic rings. The fourth-order valence-electron chi connectivity index (χ4n) is 1.45. The number of hydrogen-bond acceptors (Lipinski definition) is 4. The number of nitrogen functional groups attached to an aromatic ring is 1. The summed E-state index contributed by atoms with van der Waals surface area (Å²) in [5, 5.41) is 7.35. The molecule has 0 atom stereocenters. The van der Waals surface area contributed by atoms with Gasteiger partial charge in [-0.05, 0) is 24.4 Å². The van der Waals surface area contributed by atoms with Crippen molar-refractivity contribution in [3.63, 3.8) is 0 Å². The zero-order valence-corrected chi connectivity index (χ0v) is 9.88. The van der Waals surface area contributed by atoms with Crippen LogP contribution in [0.4, 0.5) is 17.1 Å². The monoisotopic (exact) mass is 234 g/mol. The normalized spacial score (nSPS) is 10.1. The lowest BCUT2D eigenvalue weighted by molar-refractivity contribution is 0.340. The van der Waals surface area contributed by atoms with Gasteiger partial charge in [0.2, 0.25) is 0 Å². The Morgan fingerprint density at radius 3 is 2.88 bits per heavy atom. The highest BCUT2D eigenvalue weighted by molar-refractivity contribution is 7.08. The average molecular weight is 234 g/mol. The average Bonchev–Trinajstić information content (AvgIpc) is 2.70. The molecule has 0 bridgehead atoms. The van der Waals surface area contributed by atoms with E-state index in [1.54, 1.807) is 11.3 Å². The predicted octanol–water partition coefficient (Wildman–Crippen LogP) is 3.47. The Balaban J connectivity index is 2.20. The Kier molecular flexibility index (Phi) is 3.31. The molecule has 0 unspecified atom stereocenters. The number of rotatable bonds is 4. The molecule has 3 nitrogen and oxygen atoms in total. The molecular formula is C12H14N2OS. The molecule has 0 saturated carbocycles. The SMILES string of the molecule is CCOc1cc(N)cc(Nc2ccsc2)c1. The summed E-state index contributed by atoms with van der Waals surface area (Å²) in [6.07, 6.45) is 0. The molecule has 84 valence electrons. The van der Waals surface area contributed by atoms with Gasteiger partial charge in [0.05, 0.1) is 6.61 Å². The van der Waals surface area contributed by atoms with Crippen molar-refractivity contribution in [3.8, 4) is 5.75 Å². The van der Waals surface area contributed by atoms with Crippen molar-refractivity contribution in [1.29, 1.82) is 0 Å². The number of benzene rings is 1. The third-order valence-corrected chi connectivity index (χ3v) is 2.73. The van der Waals surface area contributed by atoms with Gasteiger partial charge < -0.3 is 15.8 Å². The maximum Gasteiger partial charge on any atom is 0.123 e. The van der Waals surface area contributed by atoms with Crippen molar-refractivity contribution in [2.24, 2.45) is 0 Å². The highest BCUT2D eigenvalue weighted by Gasteiger charge is 2.00. The molecule has 1 heterocycles. The number of nitrogens with two attached hydrogens (primary N) is 1. The Morgan fingerprint density at radius 2 is 2.19 bits per heavy atom. The Morgan fingerprint density at radius 1 is 1.31 bits per heavy atom.